The molecule has 124 valence electrons. The van der Waals surface area contributed by atoms with Crippen molar-refractivity contribution >= 4 is 17.7 Å². The molecule has 1 aliphatic rings. The van der Waals surface area contributed by atoms with Gasteiger partial charge in [-0.15, -0.1) is 0 Å². The van der Waals surface area contributed by atoms with E-state index in [1.54, 1.807) is 24.3 Å². The highest BCUT2D eigenvalue weighted by Gasteiger charge is 2.40. The van der Waals surface area contributed by atoms with Crippen molar-refractivity contribution in [3.05, 3.63) is 65.7 Å². The van der Waals surface area contributed by atoms with E-state index in [2.05, 4.69) is 10.6 Å². The number of rotatable bonds is 4. The molecular formula is C19H20N2O3. The van der Waals surface area contributed by atoms with Crippen molar-refractivity contribution in [2.24, 2.45) is 0 Å². The number of ether oxygens (including phenoxy) is 1. The summed E-state index contributed by atoms with van der Waals surface area (Å²) < 4.78 is 4.75. The SMILES string of the molecule is COC(=O)c1ccccc1NC(=O)NC1(c2ccccc2)CCC1. The number of anilines is 1. The van der Waals surface area contributed by atoms with Crippen LogP contribution in [0.15, 0.2) is 54.6 Å². The lowest BCUT2D eigenvalue weighted by Gasteiger charge is -2.43. The van der Waals surface area contributed by atoms with Crippen LogP contribution in [0.1, 0.15) is 35.2 Å². The molecule has 0 unspecified atom stereocenters. The third-order valence-electron chi connectivity index (χ3n) is 4.47. The number of urea groups is 1. The van der Waals surface area contributed by atoms with Gasteiger partial charge in [0.1, 0.15) is 0 Å². The smallest absolute Gasteiger partial charge is 0.339 e. The lowest BCUT2D eigenvalue weighted by molar-refractivity contribution is 0.0602. The van der Waals surface area contributed by atoms with Gasteiger partial charge >= 0.3 is 12.0 Å². The largest absolute Gasteiger partial charge is 0.465 e. The molecule has 1 aliphatic carbocycles. The zero-order chi connectivity index (χ0) is 17.0. The average molecular weight is 324 g/mol. The minimum Gasteiger partial charge on any atom is -0.465 e. The number of nitrogens with one attached hydrogen (secondary N) is 2. The van der Waals surface area contributed by atoms with Gasteiger partial charge in [0, 0.05) is 0 Å². The fraction of sp³-hybridized carbons (Fsp3) is 0.263. The second-order valence-electron chi connectivity index (χ2n) is 5.92. The molecule has 1 fully saturated rings. The summed E-state index contributed by atoms with van der Waals surface area (Å²) in [6, 6.07) is 16.4. The maximum absolute atomic E-state index is 12.5. The first-order valence-electron chi connectivity index (χ1n) is 7.97. The molecule has 5 heteroatoms. The van der Waals surface area contributed by atoms with Gasteiger partial charge in [0.2, 0.25) is 0 Å². The second kappa shape index (κ2) is 6.74. The fourth-order valence-corrected chi connectivity index (χ4v) is 3.02. The van der Waals surface area contributed by atoms with Gasteiger partial charge in [0.05, 0.1) is 23.9 Å². The van der Waals surface area contributed by atoms with E-state index < -0.39 is 5.97 Å². The molecule has 0 saturated heterocycles. The molecule has 1 saturated carbocycles. The highest BCUT2D eigenvalue weighted by Crippen LogP contribution is 2.41. The molecule has 0 atom stereocenters. The molecule has 0 aliphatic heterocycles. The molecular weight excluding hydrogens is 304 g/mol. The summed E-state index contributed by atoms with van der Waals surface area (Å²) in [6.45, 7) is 0. The highest BCUT2D eigenvalue weighted by molar-refractivity contribution is 6.00. The van der Waals surface area contributed by atoms with Crippen molar-refractivity contribution in [2.45, 2.75) is 24.8 Å². The standard InChI is InChI=1S/C19H20N2O3/c1-24-17(22)15-10-5-6-11-16(15)20-18(23)21-19(12-7-13-19)14-8-3-2-4-9-14/h2-6,8-11H,7,12-13H2,1H3,(H2,20,21,23). The molecule has 0 radical (unpaired) electrons. The molecule has 2 aromatic rings. The van der Waals surface area contributed by atoms with Gasteiger partial charge in [-0.2, -0.15) is 0 Å². The van der Waals surface area contributed by atoms with Crippen LogP contribution in [-0.2, 0) is 10.3 Å². The number of carbonyl (C=O) groups is 2. The molecule has 0 bridgehead atoms. The number of hydrogen-bond acceptors (Lipinski definition) is 3. The van der Waals surface area contributed by atoms with Crippen molar-refractivity contribution in [1.82, 2.24) is 5.32 Å². The Kier molecular flexibility index (Phi) is 4.51. The first-order valence-corrected chi connectivity index (χ1v) is 7.97. The number of esters is 1. The van der Waals surface area contributed by atoms with E-state index in [-0.39, 0.29) is 11.6 Å². The van der Waals surface area contributed by atoms with Gasteiger partial charge in [-0.05, 0) is 37.0 Å². The summed E-state index contributed by atoms with van der Waals surface area (Å²) in [5.41, 5.74) is 1.54. The zero-order valence-electron chi connectivity index (χ0n) is 13.5. The van der Waals surface area contributed by atoms with Crippen LogP contribution in [0.4, 0.5) is 10.5 Å². The molecule has 24 heavy (non-hydrogen) atoms. The van der Waals surface area contributed by atoms with Crippen molar-refractivity contribution in [2.75, 3.05) is 12.4 Å². The van der Waals surface area contributed by atoms with Gasteiger partial charge in [-0.3, -0.25) is 0 Å². The van der Waals surface area contributed by atoms with E-state index in [4.69, 9.17) is 4.74 Å². The van der Waals surface area contributed by atoms with Gasteiger partial charge in [0.25, 0.3) is 0 Å². The first kappa shape index (κ1) is 16.1. The van der Waals surface area contributed by atoms with E-state index in [0.717, 1.165) is 24.8 Å². The predicted octanol–water partition coefficient (Wildman–Crippen LogP) is 3.67. The summed E-state index contributed by atoms with van der Waals surface area (Å²) in [5, 5.41) is 5.85. The summed E-state index contributed by atoms with van der Waals surface area (Å²) in [6.07, 6.45) is 2.89. The van der Waals surface area contributed by atoms with E-state index in [9.17, 15) is 9.59 Å². The summed E-state index contributed by atoms with van der Waals surface area (Å²) in [4.78, 5) is 24.3. The molecule has 2 amide bonds. The Hall–Kier alpha value is -2.82. The average Bonchev–Trinajstić information content (AvgIpc) is 2.58. The Bertz CT molecular complexity index is 739. The van der Waals surface area contributed by atoms with Crippen molar-refractivity contribution < 1.29 is 14.3 Å². The minimum absolute atomic E-state index is 0.324. The van der Waals surface area contributed by atoms with Crippen LogP contribution in [0.25, 0.3) is 0 Å². The van der Waals surface area contributed by atoms with Crippen LogP contribution in [0, 0.1) is 0 Å². The number of para-hydroxylation sites is 1. The van der Waals surface area contributed by atoms with Crippen LogP contribution in [0.5, 0.6) is 0 Å². The second-order valence-corrected chi connectivity index (χ2v) is 5.92. The van der Waals surface area contributed by atoms with Gasteiger partial charge < -0.3 is 15.4 Å². The van der Waals surface area contributed by atoms with Crippen LogP contribution in [-0.4, -0.2) is 19.1 Å². The maximum Gasteiger partial charge on any atom is 0.339 e. The first-order chi connectivity index (χ1) is 11.6. The number of methoxy groups -OCH3 is 1. The molecule has 0 spiro atoms. The van der Waals surface area contributed by atoms with Gasteiger partial charge in [0.15, 0.2) is 0 Å². The predicted molar refractivity (Wildman–Crippen MR) is 91.9 cm³/mol. The Morgan fingerprint density at radius 1 is 1.00 bits per heavy atom. The van der Waals surface area contributed by atoms with E-state index in [1.165, 1.54) is 7.11 Å². The Morgan fingerprint density at radius 3 is 2.29 bits per heavy atom. The van der Waals surface area contributed by atoms with Crippen LogP contribution in [0.2, 0.25) is 0 Å². The van der Waals surface area contributed by atoms with Crippen molar-refractivity contribution in [3.63, 3.8) is 0 Å². The third-order valence-corrected chi connectivity index (χ3v) is 4.47. The van der Waals surface area contributed by atoms with Gasteiger partial charge in [-0.25, -0.2) is 9.59 Å². The Labute approximate surface area is 141 Å². The van der Waals surface area contributed by atoms with Crippen molar-refractivity contribution in [1.29, 1.82) is 0 Å². The molecule has 5 nitrogen and oxygen atoms in total. The topological polar surface area (TPSA) is 67.4 Å². The monoisotopic (exact) mass is 324 g/mol. The number of amides is 2. The lowest BCUT2D eigenvalue weighted by Crippen LogP contribution is -2.52. The van der Waals surface area contributed by atoms with Crippen LogP contribution in [0.3, 0.4) is 0 Å². The normalized spacial score (nSPS) is 15.0. The van der Waals surface area contributed by atoms with E-state index in [1.807, 2.05) is 30.3 Å². The van der Waals surface area contributed by atoms with E-state index in [0.29, 0.717) is 11.3 Å². The maximum atomic E-state index is 12.5. The lowest BCUT2D eigenvalue weighted by atomic mass is 9.72. The highest BCUT2D eigenvalue weighted by atomic mass is 16.5. The Balaban J connectivity index is 1.76. The molecule has 0 aromatic heterocycles. The molecule has 2 aromatic carbocycles. The third kappa shape index (κ3) is 3.11. The quantitative estimate of drug-likeness (QED) is 0.843. The Morgan fingerprint density at radius 2 is 1.67 bits per heavy atom. The molecule has 3 rings (SSSR count). The summed E-state index contributed by atoms with van der Waals surface area (Å²) >= 11 is 0. The van der Waals surface area contributed by atoms with Gasteiger partial charge in [-0.1, -0.05) is 42.5 Å². The molecule has 2 N–H and O–H groups in total. The minimum atomic E-state index is -0.479. The van der Waals surface area contributed by atoms with Crippen LogP contribution < -0.4 is 10.6 Å². The number of benzene rings is 2. The number of carbonyl (C=O) groups excluding carboxylic acids is 2. The fourth-order valence-electron chi connectivity index (χ4n) is 3.02. The summed E-state index contributed by atoms with van der Waals surface area (Å²) in [7, 11) is 1.32. The number of hydrogen-bond donors (Lipinski definition) is 2. The molecule has 0 heterocycles. The van der Waals surface area contributed by atoms with Crippen molar-refractivity contribution in [3.8, 4) is 0 Å². The zero-order valence-corrected chi connectivity index (χ0v) is 13.5. The van der Waals surface area contributed by atoms with Crippen LogP contribution >= 0.6 is 0 Å². The summed E-state index contributed by atoms with van der Waals surface area (Å²) in [5.74, 6) is -0.479. The van der Waals surface area contributed by atoms with E-state index >= 15 is 0 Å².